The molecule has 0 amide bonds. The van der Waals surface area contributed by atoms with Crippen LogP contribution in [0.2, 0.25) is 0 Å². The summed E-state index contributed by atoms with van der Waals surface area (Å²) in [6.45, 7) is 8.00. The molecule has 0 spiro atoms. The molecule has 2 aromatic rings. The molecule has 0 saturated carbocycles. The van der Waals surface area contributed by atoms with Crippen LogP contribution in [-0.4, -0.2) is 56.4 Å². The molecule has 7 heteroatoms. The summed E-state index contributed by atoms with van der Waals surface area (Å²) in [6, 6.07) is 13.4. The van der Waals surface area contributed by atoms with Crippen LogP contribution in [0, 0.1) is 24.1 Å². The zero-order valence-corrected chi connectivity index (χ0v) is 19.4. The number of aryl methyl sites for hydroxylation is 1. The minimum absolute atomic E-state index is 0.287. The van der Waals surface area contributed by atoms with Gasteiger partial charge >= 0.3 is 0 Å². The summed E-state index contributed by atoms with van der Waals surface area (Å²) in [5.41, 5.74) is 10.1. The third-order valence-electron chi connectivity index (χ3n) is 6.82. The van der Waals surface area contributed by atoms with Gasteiger partial charge in [0.1, 0.15) is 0 Å². The number of nitrogens with zero attached hydrogens (tertiary/aromatic N) is 3. The largest absolute Gasteiger partial charge is 0.490 e. The average Bonchev–Trinajstić information content (AvgIpc) is 2.81. The van der Waals surface area contributed by atoms with E-state index in [0.29, 0.717) is 18.6 Å². The Morgan fingerprint density at radius 3 is 2.55 bits per heavy atom. The van der Waals surface area contributed by atoms with Crippen molar-refractivity contribution in [1.29, 1.82) is 5.26 Å². The highest BCUT2D eigenvalue weighted by molar-refractivity contribution is 5.53. The van der Waals surface area contributed by atoms with Gasteiger partial charge in [0.15, 0.2) is 11.6 Å². The lowest BCUT2D eigenvalue weighted by Crippen LogP contribution is -2.51. The van der Waals surface area contributed by atoms with E-state index >= 15 is 0 Å². The lowest BCUT2D eigenvalue weighted by molar-refractivity contribution is 0.0341. The number of morpholine rings is 1. The molecule has 0 radical (unpaired) electrons. The molecule has 4 rings (SSSR count). The van der Waals surface area contributed by atoms with Crippen LogP contribution in [0.1, 0.15) is 36.0 Å². The molecule has 2 fully saturated rings. The van der Waals surface area contributed by atoms with E-state index in [-0.39, 0.29) is 17.1 Å². The zero-order valence-electron chi connectivity index (χ0n) is 19.4. The second-order valence-electron chi connectivity index (χ2n) is 9.21. The number of anilines is 1. The molecule has 2 aromatic carbocycles. The second kappa shape index (κ2) is 10.5. The van der Waals surface area contributed by atoms with Crippen molar-refractivity contribution in [1.82, 2.24) is 4.90 Å². The van der Waals surface area contributed by atoms with Crippen molar-refractivity contribution in [2.24, 2.45) is 5.73 Å². The van der Waals surface area contributed by atoms with Gasteiger partial charge in [0.25, 0.3) is 0 Å². The van der Waals surface area contributed by atoms with Crippen molar-refractivity contribution >= 4 is 5.69 Å². The molecule has 2 aliphatic rings. The van der Waals surface area contributed by atoms with Gasteiger partial charge in [-0.25, -0.2) is 4.39 Å². The summed E-state index contributed by atoms with van der Waals surface area (Å²) in [6.07, 6.45) is 2.37. The monoisotopic (exact) mass is 452 g/mol. The topological polar surface area (TPSA) is 74.8 Å². The Bertz CT molecular complexity index is 992. The number of hydrogen-bond acceptors (Lipinski definition) is 6. The molecule has 6 nitrogen and oxygen atoms in total. The van der Waals surface area contributed by atoms with E-state index in [2.05, 4.69) is 21.9 Å². The van der Waals surface area contributed by atoms with Crippen molar-refractivity contribution in [2.45, 2.75) is 38.3 Å². The number of nitrogens with two attached hydrogens (primary N) is 1. The smallest absolute Gasteiger partial charge is 0.165 e. The van der Waals surface area contributed by atoms with Gasteiger partial charge in [-0.2, -0.15) is 5.26 Å². The molecule has 2 aliphatic heterocycles. The summed E-state index contributed by atoms with van der Waals surface area (Å²) >= 11 is 0. The Kier molecular flexibility index (Phi) is 7.49. The highest BCUT2D eigenvalue weighted by Crippen LogP contribution is 2.29. The van der Waals surface area contributed by atoms with Crippen LogP contribution in [-0.2, 0) is 11.3 Å². The molecule has 0 bridgehead atoms. The number of ether oxygens (including phenoxy) is 2. The fourth-order valence-corrected chi connectivity index (χ4v) is 4.57. The number of benzene rings is 2. The fourth-order valence-electron chi connectivity index (χ4n) is 4.57. The van der Waals surface area contributed by atoms with Gasteiger partial charge in [-0.1, -0.05) is 6.07 Å². The van der Waals surface area contributed by atoms with Gasteiger partial charge in [-0.3, -0.25) is 4.90 Å². The third kappa shape index (κ3) is 6.02. The predicted molar refractivity (Wildman–Crippen MR) is 127 cm³/mol. The standard InChI is InChI=1S/C26H33FN4O2/c1-20-16-23(4-3-22(20)18-28)31-9-6-26(29,7-10-31)8-13-33-25-5-2-21(17-24(25)27)19-30-11-14-32-15-12-30/h2-5,16-17H,6-15,19,29H2,1H3. The Labute approximate surface area is 195 Å². The Hall–Kier alpha value is -2.66. The summed E-state index contributed by atoms with van der Waals surface area (Å²) in [7, 11) is 0. The lowest BCUT2D eigenvalue weighted by Gasteiger charge is -2.40. The molecule has 176 valence electrons. The van der Waals surface area contributed by atoms with Gasteiger partial charge in [-0.05, 0) is 67.6 Å². The summed E-state index contributed by atoms with van der Waals surface area (Å²) in [5, 5.41) is 9.13. The molecule has 0 atom stereocenters. The molecule has 0 unspecified atom stereocenters. The first kappa shape index (κ1) is 23.5. The highest BCUT2D eigenvalue weighted by atomic mass is 19.1. The number of hydrogen-bond donors (Lipinski definition) is 1. The summed E-state index contributed by atoms with van der Waals surface area (Å²) < 4.78 is 25.7. The molecule has 0 aliphatic carbocycles. The van der Waals surface area contributed by atoms with E-state index in [1.807, 2.05) is 25.1 Å². The van der Waals surface area contributed by atoms with Crippen LogP contribution in [0.5, 0.6) is 5.75 Å². The molecule has 2 saturated heterocycles. The van der Waals surface area contributed by atoms with E-state index in [1.54, 1.807) is 12.1 Å². The summed E-state index contributed by atoms with van der Waals surface area (Å²) in [4.78, 5) is 4.58. The average molecular weight is 453 g/mol. The quantitative estimate of drug-likeness (QED) is 0.692. The molecule has 2 N–H and O–H groups in total. The first-order valence-corrected chi connectivity index (χ1v) is 11.7. The van der Waals surface area contributed by atoms with Crippen LogP contribution in [0.25, 0.3) is 0 Å². The van der Waals surface area contributed by atoms with E-state index in [0.717, 1.165) is 75.6 Å². The number of piperidine rings is 1. The molecular weight excluding hydrogens is 419 g/mol. The minimum atomic E-state index is -0.321. The normalized spacial score (nSPS) is 18.7. The Balaban J connectivity index is 1.25. The van der Waals surface area contributed by atoms with Crippen LogP contribution < -0.4 is 15.4 Å². The van der Waals surface area contributed by atoms with Gasteiger partial charge in [0, 0.05) is 44.0 Å². The van der Waals surface area contributed by atoms with E-state index in [9.17, 15) is 4.39 Å². The SMILES string of the molecule is Cc1cc(N2CCC(N)(CCOc3ccc(CN4CCOCC4)cc3F)CC2)ccc1C#N. The van der Waals surface area contributed by atoms with E-state index in [4.69, 9.17) is 20.5 Å². The predicted octanol–water partition coefficient (Wildman–Crippen LogP) is 3.60. The van der Waals surface area contributed by atoms with Crippen molar-refractivity contribution in [3.8, 4) is 11.8 Å². The fraction of sp³-hybridized carbons (Fsp3) is 0.500. The lowest BCUT2D eigenvalue weighted by atomic mass is 9.85. The van der Waals surface area contributed by atoms with Crippen molar-refractivity contribution in [3.63, 3.8) is 0 Å². The van der Waals surface area contributed by atoms with Gasteiger partial charge in [0.2, 0.25) is 0 Å². The minimum Gasteiger partial charge on any atom is -0.490 e. The number of halogens is 1. The molecular formula is C26H33FN4O2. The Morgan fingerprint density at radius 2 is 1.88 bits per heavy atom. The maximum absolute atomic E-state index is 14.6. The van der Waals surface area contributed by atoms with Crippen LogP contribution in [0.4, 0.5) is 10.1 Å². The highest BCUT2D eigenvalue weighted by Gasteiger charge is 2.31. The second-order valence-corrected chi connectivity index (χ2v) is 9.21. The van der Waals surface area contributed by atoms with Gasteiger partial charge in [-0.15, -0.1) is 0 Å². The summed E-state index contributed by atoms with van der Waals surface area (Å²) in [5.74, 6) is -0.0346. The molecule has 0 aromatic heterocycles. The first-order valence-electron chi connectivity index (χ1n) is 11.7. The first-order chi connectivity index (χ1) is 16.0. The van der Waals surface area contributed by atoms with Gasteiger partial charge in [0.05, 0.1) is 31.5 Å². The van der Waals surface area contributed by atoms with E-state index < -0.39 is 0 Å². The van der Waals surface area contributed by atoms with Crippen molar-refractivity contribution < 1.29 is 13.9 Å². The number of nitriles is 1. The molecule has 33 heavy (non-hydrogen) atoms. The van der Waals surface area contributed by atoms with Gasteiger partial charge < -0.3 is 20.1 Å². The maximum Gasteiger partial charge on any atom is 0.165 e. The van der Waals surface area contributed by atoms with Crippen LogP contribution >= 0.6 is 0 Å². The third-order valence-corrected chi connectivity index (χ3v) is 6.82. The van der Waals surface area contributed by atoms with Crippen LogP contribution in [0.3, 0.4) is 0 Å². The van der Waals surface area contributed by atoms with Crippen molar-refractivity contribution in [2.75, 3.05) is 50.9 Å². The van der Waals surface area contributed by atoms with Crippen molar-refractivity contribution in [3.05, 3.63) is 58.9 Å². The number of rotatable bonds is 7. The van der Waals surface area contributed by atoms with E-state index in [1.165, 1.54) is 0 Å². The van der Waals surface area contributed by atoms with Crippen LogP contribution in [0.15, 0.2) is 36.4 Å². The molecule has 2 heterocycles. The zero-order chi connectivity index (χ0) is 23.3. The Morgan fingerprint density at radius 1 is 1.12 bits per heavy atom. The maximum atomic E-state index is 14.6.